The van der Waals surface area contributed by atoms with Gasteiger partial charge in [0.15, 0.2) is 0 Å². The summed E-state index contributed by atoms with van der Waals surface area (Å²) in [5.41, 5.74) is 0. The Bertz CT molecular complexity index is 422. The number of aromatic nitrogens is 1. The maximum Gasteiger partial charge on any atom is 0.232 e. The summed E-state index contributed by atoms with van der Waals surface area (Å²) in [6, 6.07) is 3.46. The highest BCUT2D eigenvalue weighted by atomic mass is 35.5. The molecule has 0 spiro atoms. The smallest absolute Gasteiger partial charge is 0.232 e. The summed E-state index contributed by atoms with van der Waals surface area (Å²) in [5.74, 6) is 0.563. The Balaban J connectivity index is 1.66. The maximum atomic E-state index is 11.8. The summed E-state index contributed by atoms with van der Waals surface area (Å²) in [4.78, 5) is 15.8. The largest absolute Gasteiger partial charge is 0.475 e. The third-order valence-electron chi connectivity index (χ3n) is 3.03. The fourth-order valence-electron chi connectivity index (χ4n) is 2.02. The zero-order valence-corrected chi connectivity index (χ0v) is 11.4. The molecule has 1 amide bonds. The van der Waals surface area contributed by atoms with Gasteiger partial charge in [-0.15, -0.1) is 0 Å². The van der Waals surface area contributed by atoms with Crippen molar-refractivity contribution in [3.8, 4) is 5.88 Å². The number of piperidine rings is 1. The molecule has 1 aromatic heterocycles. The van der Waals surface area contributed by atoms with Crippen LogP contribution in [0.2, 0.25) is 5.02 Å². The van der Waals surface area contributed by atoms with Gasteiger partial charge in [-0.3, -0.25) is 4.79 Å². The molecule has 0 aliphatic carbocycles. The molecule has 5 nitrogen and oxygen atoms in total. The van der Waals surface area contributed by atoms with Gasteiger partial charge in [-0.2, -0.15) is 0 Å². The zero-order valence-electron chi connectivity index (χ0n) is 10.7. The normalized spacial score (nSPS) is 18.9. The van der Waals surface area contributed by atoms with Gasteiger partial charge in [-0.25, -0.2) is 4.98 Å². The highest BCUT2D eigenvalue weighted by molar-refractivity contribution is 6.31. The number of carbonyl (C=O) groups is 1. The highest BCUT2D eigenvalue weighted by Crippen LogP contribution is 2.19. The summed E-state index contributed by atoms with van der Waals surface area (Å²) in [6.45, 7) is 2.59. The van der Waals surface area contributed by atoms with Crippen LogP contribution in [-0.4, -0.2) is 37.1 Å². The van der Waals surface area contributed by atoms with Crippen LogP contribution in [0.5, 0.6) is 5.88 Å². The number of carbonyl (C=O) groups excluding carboxylic acids is 1. The van der Waals surface area contributed by atoms with Crippen LogP contribution in [0.15, 0.2) is 18.3 Å². The second-order valence-electron chi connectivity index (χ2n) is 4.47. The third-order valence-corrected chi connectivity index (χ3v) is 3.32. The van der Waals surface area contributed by atoms with E-state index in [-0.39, 0.29) is 11.8 Å². The fraction of sp³-hybridized carbons (Fsp3) is 0.538. The van der Waals surface area contributed by atoms with E-state index in [1.807, 2.05) is 0 Å². The number of pyridine rings is 1. The third kappa shape index (κ3) is 4.36. The van der Waals surface area contributed by atoms with Crippen molar-refractivity contribution in [2.75, 3.05) is 26.2 Å². The maximum absolute atomic E-state index is 11.8. The first-order chi connectivity index (χ1) is 9.27. The van der Waals surface area contributed by atoms with Gasteiger partial charge in [0.05, 0.1) is 12.5 Å². The Morgan fingerprint density at radius 1 is 1.63 bits per heavy atom. The van der Waals surface area contributed by atoms with E-state index >= 15 is 0 Å². The predicted molar refractivity (Wildman–Crippen MR) is 73.3 cm³/mol. The van der Waals surface area contributed by atoms with E-state index in [0.29, 0.717) is 24.1 Å². The summed E-state index contributed by atoms with van der Waals surface area (Å²) in [5, 5.41) is 6.56. The molecule has 1 aromatic rings. The molecule has 0 aromatic carbocycles. The van der Waals surface area contributed by atoms with Crippen molar-refractivity contribution in [1.29, 1.82) is 0 Å². The van der Waals surface area contributed by atoms with Crippen LogP contribution in [-0.2, 0) is 4.79 Å². The van der Waals surface area contributed by atoms with Crippen molar-refractivity contribution in [3.05, 3.63) is 23.4 Å². The standard InChI is InChI=1S/C13H18ClN3O2/c14-11-4-2-6-17-13(11)19-8-7-16-12(18)10-3-1-5-15-9-10/h2,4,6,10,15H,1,3,5,7-9H2,(H,16,18). The molecule has 19 heavy (non-hydrogen) atoms. The molecule has 1 saturated heterocycles. The van der Waals surface area contributed by atoms with Gasteiger partial charge in [0.1, 0.15) is 11.6 Å². The van der Waals surface area contributed by atoms with Crippen molar-refractivity contribution >= 4 is 17.5 Å². The lowest BCUT2D eigenvalue weighted by molar-refractivity contribution is -0.125. The molecule has 0 bridgehead atoms. The van der Waals surface area contributed by atoms with Crippen molar-refractivity contribution in [2.24, 2.45) is 5.92 Å². The van der Waals surface area contributed by atoms with E-state index in [4.69, 9.17) is 16.3 Å². The van der Waals surface area contributed by atoms with E-state index in [1.54, 1.807) is 18.3 Å². The molecule has 2 N–H and O–H groups in total. The highest BCUT2D eigenvalue weighted by Gasteiger charge is 2.20. The quantitative estimate of drug-likeness (QED) is 0.798. The second kappa shape index (κ2) is 7.31. The number of hydrogen-bond acceptors (Lipinski definition) is 4. The monoisotopic (exact) mass is 283 g/mol. The lowest BCUT2D eigenvalue weighted by Gasteiger charge is -2.21. The van der Waals surface area contributed by atoms with E-state index in [0.717, 1.165) is 25.9 Å². The molecule has 1 fully saturated rings. The van der Waals surface area contributed by atoms with Crippen LogP contribution in [0.25, 0.3) is 0 Å². The molecule has 0 radical (unpaired) electrons. The van der Waals surface area contributed by atoms with Gasteiger partial charge >= 0.3 is 0 Å². The first-order valence-electron chi connectivity index (χ1n) is 6.49. The summed E-state index contributed by atoms with van der Waals surface area (Å²) >= 11 is 5.90. The average Bonchev–Trinajstić information content (AvgIpc) is 2.46. The van der Waals surface area contributed by atoms with E-state index in [9.17, 15) is 4.79 Å². The Morgan fingerprint density at radius 2 is 2.53 bits per heavy atom. The number of halogens is 1. The van der Waals surface area contributed by atoms with Crippen LogP contribution in [0.1, 0.15) is 12.8 Å². The molecular weight excluding hydrogens is 266 g/mol. The van der Waals surface area contributed by atoms with Crippen LogP contribution in [0.4, 0.5) is 0 Å². The molecule has 0 saturated carbocycles. The van der Waals surface area contributed by atoms with Crippen molar-refractivity contribution in [1.82, 2.24) is 15.6 Å². The number of nitrogens with one attached hydrogen (secondary N) is 2. The molecular formula is C13H18ClN3O2. The van der Waals surface area contributed by atoms with Crippen molar-refractivity contribution < 1.29 is 9.53 Å². The molecule has 6 heteroatoms. The average molecular weight is 284 g/mol. The van der Waals surface area contributed by atoms with Crippen LogP contribution in [0, 0.1) is 5.92 Å². The van der Waals surface area contributed by atoms with E-state index in [2.05, 4.69) is 15.6 Å². The number of nitrogens with zero attached hydrogens (tertiary/aromatic N) is 1. The number of hydrogen-bond donors (Lipinski definition) is 2. The molecule has 1 atom stereocenters. The molecule has 2 heterocycles. The van der Waals surface area contributed by atoms with Gasteiger partial charge in [0.2, 0.25) is 11.8 Å². The molecule has 104 valence electrons. The minimum Gasteiger partial charge on any atom is -0.475 e. The summed E-state index contributed by atoms with van der Waals surface area (Å²) in [7, 11) is 0. The van der Waals surface area contributed by atoms with Crippen molar-refractivity contribution in [3.63, 3.8) is 0 Å². The van der Waals surface area contributed by atoms with Crippen LogP contribution in [0.3, 0.4) is 0 Å². The van der Waals surface area contributed by atoms with Gasteiger partial charge < -0.3 is 15.4 Å². The molecule has 1 aliphatic heterocycles. The second-order valence-corrected chi connectivity index (χ2v) is 4.88. The molecule has 1 aliphatic rings. The zero-order chi connectivity index (χ0) is 13.5. The minimum absolute atomic E-state index is 0.0761. The Hall–Kier alpha value is -1.33. The predicted octanol–water partition coefficient (Wildman–Crippen LogP) is 1.23. The first kappa shape index (κ1) is 14.1. The van der Waals surface area contributed by atoms with E-state index < -0.39 is 0 Å². The number of amides is 1. The first-order valence-corrected chi connectivity index (χ1v) is 6.87. The Labute approximate surface area is 117 Å². The van der Waals surface area contributed by atoms with Crippen LogP contribution < -0.4 is 15.4 Å². The SMILES string of the molecule is O=C(NCCOc1ncccc1Cl)C1CCCNC1. The van der Waals surface area contributed by atoms with Gasteiger partial charge in [-0.05, 0) is 31.5 Å². The summed E-state index contributed by atoms with van der Waals surface area (Å²) in [6.07, 6.45) is 3.62. The summed E-state index contributed by atoms with van der Waals surface area (Å²) < 4.78 is 5.40. The lowest BCUT2D eigenvalue weighted by atomic mass is 9.99. The van der Waals surface area contributed by atoms with Gasteiger partial charge in [0, 0.05) is 12.7 Å². The lowest BCUT2D eigenvalue weighted by Crippen LogP contribution is -2.41. The molecule has 2 rings (SSSR count). The number of ether oxygens (including phenoxy) is 1. The van der Waals surface area contributed by atoms with Gasteiger partial charge in [0.25, 0.3) is 0 Å². The van der Waals surface area contributed by atoms with Gasteiger partial charge in [-0.1, -0.05) is 11.6 Å². The van der Waals surface area contributed by atoms with E-state index in [1.165, 1.54) is 0 Å². The van der Waals surface area contributed by atoms with Crippen LogP contribution >= 0.6 is 11.6 Å². The van der Waals surface area contributed by atoms with Crippen molar-refractivity contribution in [2.45, 2.75) is 12.8 Å². The topological polar surface area (TPSA) is 63.2 Å². The molecule has 1 unspecified atom stereocenters. The Morgan fingerprint density at radius 3 is 3.26 bits per heavy atom. The Kier molecular flexibility index (Phi) is 5.42. The number of rotatable bonds is 5. The fourth-order valence-corrected chi connectivity index (χ4v) is 2.20. The minimum atomic E-state index is 0.0761.